The van der Waals surface area contributed by atoms with Crippen molar-refractivity contribution in [1.29, 1.82) is 0 Å². The lowest BCUT2D eigenvalue weighted by Crippen LogP contribution is -2.01. The summed E-state index contributed by atoms with van der Waals surface area (Å²) < 4.78 is 6.88. The first-order valence-corrected chi connectivity index (χ1v) is 6.26. The molecule has 3 nitrogen and oxygen atoms in total. The lowest BCUT2D eigenvalue weighted by atomic mass is 10.1. The summed E-state index contributed by atoms with van der Waals surface area (Å²) in [7, 11) is 0. The van der Waals surface area contributed by atoms with E-state index in [4.69, 9.17) is 4.42 Å². The largest absolute Gasteiger partial charge is 0.465 e. The first-order valence-electron chi connectivity index (χ1n) is 4.67. The monoisotopic (exact) mass is 345 g/mol. The highest BCUT2D eigenvalue weighted by atomic mass is 79.9. The van der Waals surface area contributed by atoms with Crippen molar-refractivity contribution in [2.45, 2.75) is 12.5 Å². The number of nitrogens with zero attached hydrogens (tertiary/aromatic N) is 1. The van der Waals surface area contributed by atoms with Crippen molar-refractivity contribution < 1.29 is 9.52 Å². The molecule has 2 rings (SSSR count). The van der Waals surface area contributed by atoms with E-state index >= 15 is 0 Å². The van der Waals surface area contributed by atoms with Gasteiger partial charge in [0.1, 0.15) is 11.9 Å². The van der Waals surface area contributed by atoms with Gasteiger partial charge in [0.25, 0.3) is 0 Å². The quantitative estimate of drug-likeness (QED) is 0.925. The molecule has 0 spiro atoms. The van der Waals surface area contributed by atoms with Crippen LogP contribution in [-0.2, 0) is 6.42 Å². The molecule has 1 unspecified atom stereocenters. The molecule has 0 fully saturated rings. The molecule has 2 aromatic rings. The van der Waals surface area contributed by atoms with Gasteiger partial charge in [0.15, 0.2) is 0 Å². The Labute approximate surface area is 110 Å². The summed E-state index contributed by atoms with van der Waals surface area (Å²) in [5.41, 5.74) is 0.949. The molecule has 0 saturated heterocycles. The highest BCUT2D eigenvalue weighted by molar-refractivity contribution is 9.10. The van der Waals surface area contributed by atoms with E-state index < -0.39 is 6.10 Å². The highest BCUT2D eigenvalue weighted by Gasteiger charge is 2.15. The van der Waals surface area contributed by atoms with Crippen molar-refractivity contribution in [2.24, 2.45) is 0 Å². The second-order valence-electron chi connectivity index (χ2n) is 3.36. The number of hydrogen-bond acceptors (Lipinski definition) is 3. The van der Waals surface area contributed by atoms with Gasteiger partial charge in [0.05, 0.1) is 10.7 Å². The van der Waals surface area contributed by atoms with E-state index in [-0.39, 0.29) is 0 Å². The Hall–Kier alpha value is -0.650. The number of hydrogen-bond donors (Lipinski definition) is 1. The molecule has 2 heterocycles. The summed E-state index contributed by atoms with van der Waals surface area (Å²) >= 11 is 6.65. The van der Waals surface area contributed by atoms with Gasteiger partial charge in [0.2, 0.25) is 0 Å². The minimum atomic E-state index is -0.666. The zero-order valence-electron chi connectivity index (χ0n) is 8.23. The lowest BCUT2D eigenvalue weighted by Gasteiger charge is -2.08. The fourth-order valence-electron chi connectivity index (χ4n) is 1.43. The van der Waals surface area contributed by atoms with Crippen molar-refractivity contribution >= 4 is 31.9 Å². The maximum Gasteiger partial charge on any atom is 0.146 e. The standard InChI is InChI=1S/C11H9Br2NO2/c12-8-3-7(5-14-6-8)4-10(15)11-9(13)1-2-16-11/h1-3,5-6,10,15H,4H2. The van der Waals surface area contributed by atoms with E-state index in [1.54, 1.807) is 24.7 Å². The number of aliphatic hydroxyl groups is 1. The van der Waals surface area contributed by atoms with E-state index in [0.717, 1.165) is 14.5 Å². The number of halogens is 2. The topological polar surface area (TPSA) is 46.3 Å². The average molecular weight is 347 g/mol. The van der Waals surface area contributed by atoms with Gasteiger partial charge in [-0.3, -0.25) is 4.98 Å². The molecule has 2 aromatic heterocycles. The van der Waals surface area contributed by atoms with Crippen LogP contribution in [0.15, 0.2) is 44.2 Å². The van der Waals surface area contributed by atoms with Crippen LogP contribution in [0.4, 0.5) is 0 Å². The Morgan fingerprint density at radius 3 is 2.81 bits per heavy atom. The average Bonchev–Trinajstić information content (AvgIpc) is 2.64. The van der Waals surface area contributed by atoms with Gasteiger partial charge < -0.3 is 9.52 Å². The Morgan fingerprint density at radius 1 is 1.38 bits per heavy atom. The van der Waals surface area contributed by atoms with Crippen LogP contribution in [0, 0.1) is 0 Å². The Bertz CT molecular complexity index is 484. The van der Waals surface area contributed by atoms with Gasteiger partial charge in [-0.1, -0.05) is 0 Å². The SMILES string of the molecule is OC(Cc1cncc(Br)c1)c1occc1Br. The summed E-state index contributed by atoms with van der Waals surface area (Å²) in [4.78, 5) is 4.04. The number of pyridine rings is 1. The number of furan rings is 1. The van der Waals surface area contributed by atoms with Crippen molar-refractivity contribution in [3.05, 3.63) is 51.1 Å². The van der Waals surface area contributed by atoms with Gasteiger partial charge in [-0.15, -0.1) is 0 Å². The first-order chi connectivity index (χ1) is 7.66. The van der Waals surface area contributed by atoms with E-state index in [1.807, 2.05) is 6.07 Å². The Balaban J connectivity index is 2.14. The van der Waals surface area contributed by atoms with Crippen LogP contribution in [0.25, 0.3) is 0 Å². The molecule has 0 saturated carbocycles. The van der Waals surface area contributed by atoms with Crippen LogP contribution in [0.2, 0.25) is 0 Å². The van der Waals surface area contributed by atoms with E-state index in [2.05, 4.69) is 36.8 Å². The van der Waals surface area contributed by atoms with Gasteiger partial charge in [-0.05, 0) is 49.6 Å². The van der Waals surface area contributed by atoms with Gasteiger partial charge in [-0.2, -0.15) is 0 Å². The van der Waals surface area contributed by atoms with Crippen molar-refractivity contribution in [3.63, 3.8) is 0 Å². The molecular weight excluding hydrogens is 338 g/mol. The van der Waals surface area contributed by atoms with Crippen LogP contribution in [-0.4, -0.2) is 10.1 Å². The number of aliphatic hydroxyl groups excluding tert-OH is 1. The van der Waals surface area contributed by atoms with Gasteiger partial charge in [0, 0.05) is 23.3 Å². The minimum absolute atomic E-state index is 0.471. The second kappa shape index (κ2) is 5.12. The molecule has 0 bridgehead atoms. The molecule has 5 heteroatoms. The van der Waals surface area contributed by atoms with E-state index in [0.29, 0.717) is 12.2 Å². The summed E-state index contributed by atoms with van der Waals surface area (Å²) in [6, 6.07) is 3.69. The molecule has 0 amide bonds. The molecule has 1 N–H and O–H groups in total. The molecular formula is C11H9Br2NO2. The second-order valence-corrected chi connectivity index (χ2v) is 5.13. The summed E-state index contributed by atoms with van der Waals surface area (Å²) in [6.45, 7) is 0. The van der Waals surface area contributed by atoms with Crippen LogP contribution in [0.1, 0.15) is 17.4 Å². The maximum atomic E-state index is 9.97. The van der Waals surface area contributed by atoms with Crippen LogP contribution in [0.5, 0.6) is 0 Å². The fourth-order valence-corrected chi connectivity index (χ4v) is 2.30. The Kier molecular flexibility index (Phi) is 3.78. The third-order valence-corrected chi connectivity index (χ3v) is 3.23. The van der Waals surface area contributed by atoms with Crippen molar-refractivity contribution in [1.82, 2.24) is 4.98 Å². The Morgan fingerprint density at radius 2 is 2.19 bits per heavy atom. The normalized spacial score (nSPS) is 12.7. The van der Waals surface area contributed by atoms with Crippen LogP contribution < -0.4 is 0 Å². The smallest absolute Gasteiger partial charge is 0.146 e. The maximum absolute atomic E-state index is 9.97. The van der Waals surface area contributed by atoms with Crippen LogP contribution >= 0.6 is 31.9 Å². The predicted molar refractivity (Wildman–Crippen MR) is 67.0 cm³/mol. The molecule has 0 aliphatic heterocycles. The zero-order chi connectivity index (χ0) is 11.5. The molecule has 16 heavy (non-hydrogen) atoms. The lowest BCUT2D eigenvalue weighted by molar-refractivity contribution is 0.149. The molecule has 0 aliphatic carbocycles. The molecule has 0 aromatic carbocycles. The summed E-state index contributed by atoms with van der Waals surface area (Å²) in [5, 5.41) is 9.97. The number of rotatable bonds is 3. The molecule has 0 radical (unpaired) electrons. The van der Waals surface area contributed by atoms with Gasteiger partial charge in [-0.25, -0.2) is 0 Å². The highest BCUT2D eigenvalue weighted by Crippen LogP contribution is 2.27. The number of aromatic nitrogens is 1. The summed E-state index contributed by atoms with van der Waals surface area (Å²) in [5.74, 6) is 0.542. The molecule has 0 aliphatic rings. The summed E-state index contributed by atoms with van der Waals surface area (Å²) in [6.07, 6.45) is 4.78. The van der Waals surface area contributed by atoms with E-state index in [9.17, 15) is 5.11 Å². The van der Waals surface area contributed by atoms with Gasteiger partial charge >= 0.3 is 0 Å². The van der Waals surface area contributed by atoms with E-state index in [1.165, 1.54) is 0 Å². The fraction of sp³-hybridized carbons (Fsp3) is 0.182. The molecule has 84 valence electrons. The molecule has 1 atom stereocenters. The third-order valence-electron chi connectivity index (χ3n) is 2.14. The first kappa shape index (κ1) is 11.8. The minimum Gasteiger partial charge on any atom is -0.465 e. The zero-order valence-corrected chi connectivity index (χ0v) is 11.4. The van der Waals surface area contributed by atoms with Crippen molar-refractivity contribution in [3.8, 4) is 0 Å². The third kappa shape index (κ3) is 2.72. The van der Waals surface area contributed by atoms with Crippen LogP contribution in [0.3, 0.4) is 0 Å². The predicted octanol–water partition coefficient (Wildman–Crippen LogP) is 3.48. The van der Waals surface area contributed by atoms with Crippen molar-refractivity contribution in [2.75, 3.05) is 0 Å².